The second-order valence-corrected chi connectivity index (χ2v) is 9.36. The van der Waals surface area contributed by atoms with Gasteiger partial charge in [0.2, 0.25) is 0 Å². The van der Waals surface area contributed by atoms with Crippen molar-refractivity contribution in [2.75, 3.05) is 11.4 Å². The summed E-state index contributed by atoms with van der Waals surface area (Å²) in [5.41, 5.74) is 0.616. The van der Waals surface area contributed by atoms with Crippen LogP contribution in [0, 0.1) is 0 Å². The molecule has 1 amide bonds. The minimum absolute atomic E-state index is 0.112. The van der Waals surface area contributed by atoms with Crippen molar-refractivity contribution in [2.24, 2.45) is 0 Å². The van der Waals surface area contributed by atoms with E-state index in [1.165, 1.54) is 43.4 Å². The second kappa shape index (κ2) is 8.09. The Morgan fingerprint density at radius 3 is 2.33 bits per heavy atom. The van der Waals surface area contributed by atoms with Gasteiger partial charge in [0.05, 0.1) is 21.2 Å². The maximum absolute atomic E-state index is 12.8. The fourth-order valence-corrected chi connectivity index (χ4v) is 4.64. The Labute approximate surface area is 169 Å². The predicted octanol–water partition coefficient (Wildman–Crippen LogP) is 4.49. The molecule has 0 atom stereocenters. The standard InChI is InChI=1S/C19H20Cl2N2O3S/c1-23(27(25,26)16-9-6-13(20)7-10-16)15-8-11-18(21)17(12-15)19(24)22-14-4-2-3-5-14/h6-12,14H,2-5H2,1H3,(H,22,24). The van der Waals surface area contributed by atoms with Crippen molar-refractivity contribution in [2.45, 2.75) is 36.6 Å². The molecule has 3 rings (SSSR count). The predicted molar refractivity (Wildman–Crippen MR) is 108 cm³/mol. The summed E-state index contributed by atoms with van der Waals surface area (Å²) in [7, 11) is -2.35. The molecule has 5 nitrogen and oxygen atoms in total. The van der Waals surface area contributed by atoms with Crippen LogP contribution in [0.1, 0.15) is 36.0 Å². The van der Waals surface area contributed by atoms with Crippen LogP contribution >= 0.6 is 23.2 Å². The summed E-state index contributed by atoms with van der Waals surface area (Å²) >= 11 is 12.0. The molecule has 2 aromatic rings. The number of hydrogen-bond donors (Lipinski definition) is 1. The van der Waals surface area contributed by atoms with E-state index in [-0.39, 0.29) is 27.4 Å². The summed E-state index contributed by atoms with van der Waals surface area (Å²) in [6.45, 7) is 0. The van der Waals surface area contributed by atoms with Gasteiger partial charge in [0.1, 0.15) is 0 Å². The smallest absolute Gasteiger partial charge is 0.264 e. The zero-order chi connectivity index (χ0) is 19.6. The first-order valence-corrected chi connectivity index (χ1v) is 10.8. The Bertz CT molecular complexity index is 940. The number of nitrogens with one attached hydrogen (secondary N) is 1. The van der Waals surface area contributed by atoms with E-state index in [2.05, 4.69) is 5.32 Å². The fourth-order valence-electron chi connectivity index (χ4n) is 3.12. The molecule has 27 heavy (non-hydrogen) atoms. The summed E-state index contributed by atoms with van der Waals surface area (Å²) in [5.74, 6) is -0.286. The van der Waals surface area contributed by atoms with E-state index in [1.807, 2.05) is 0 Å². The Morgan fingerprint density at radius 2 is 1.70 bits per heavy atom. The number of benzene rings is 2. The summed E-state index contributed by atoms with van der Waals surface area (Å²) in [5, 5.41) is 3.71. The Morgan fingerprint density at radius 1 is 1.07 bits per heavy atom. The SMILES string of the molecule is CN(c1ccc(Cl)c(C(=O)NC2CCCC2)c1)S(=O)(=O)c1ccc(Cl)cc1. The van der Waals surface area contributed by atoms with Crippen molar-refractivity contribution in [1.29, 1.82) is 0 Å². The number of carbonyl (C=O) groups excluding carboxylic acids is 1. The average Bonchev–Trinajstić information content (AvgIpc) is 3.14. The lowest BCUT2D eigenvalue weighted by molar-refractivity contribution is 0.0938. The molecular formula is C19H20Cl2N2O3S. The van der Waals surface area contributed by atoms with E-state index < -0.39 is 10.0 Å². The third-order valence-electron chi connectivity index (χ3n) is 4.72. The minimum atomic E-state index is -3.79. The molecule has 0 bridgehead atoms. The quantitative estimate of drug-likeness (QED) is 0.765. The van der Waals surface area contributed by atoms with Crippen LogP contribution in [0.15, 0.2) is 47.4 Å². The van der Waals surface area contributed by atoms with E-state index in [0.29, 0.717) is 10.7 Å². The van der Waals surface area contributed by atoms with E-state index in [1.54, 1.807) is 6.07 Å². The Kier molecular flexibility index (Phi) is 5.99. The molecule has 0 aromatic heterocycles. The molecule has 0 unspecified atom stereocenters. The van der Waals surface area contributed by atoms with Crippen molar-refractivity contribution < 1.29 is 13.2 Å². The van der Waals surface area contributed by atoms with Crippen LogP contribution in [0.5, 0.6) is 0 Å². The monoisotopic (exact) mass is 426 g/mol. The number of anilines is 1. The van der Waals surface area contributed by atoms with Gasteiger partial charge >= 0.3 is 0 Å². The molecule has 0 radical (unpaired) electrons. The molecule has 0 saturated heterocycles. The lowest BCUT2D eigenvalue weighted by Gasteiger charge is -2.21. The maximum Gasteiger partial charge on any atom is 0.264 e. The number of hydrogen-bond acceptors (Lipinski definition) is 3. The number of rotatable bonds is 5. The van der Waals surface area contributed by atoms with E-state index in [4.69, 9.17) is 23.2 Å². The zero-order valence-corrected chi connectivity index (χ0v) is 17.1. The van der Waals surface area contributed by atoms with E-state index in [9.17, 15) is 13.2 Å². The molecule has 0 heterocycles. The van der Waals surface area contributed by atoms with Crippen molar-refractivity contribution in [3.63, 3.8) is 0 Å². The average molecular weight is 427 g/mol. The van der Waals surface area contributed by atoms with Gasteiger partial charge in [-0.1, -0.05) is 36.0 Å². The van der Waals surface area contributed by atoms with Gasteiger partial charge in [0.25, 0.3) is 15.9 Å². The molecule has 1 N–H and O–H groups in total. The van der Waals surface area contributed by atoms with Crippen molar-refractivity contribution in [3.05, 3.63) is 58.1 Å². The molecule has 1 aliphatic carbocycles. The minimum Gasteiger partial charge on any atom is -0.349 e. The van der Waals surface area contributed by atoms with Gasteiger partial charge in [0.15, 0.2) is 0 Å². The molecular weight excluding hydrogens is 407 g/mol. The van der Waals surface area contributed by atoms with Crippen LogP contribution in [0.25, 0.3) is 0 Å². The van der Waals surface area contributed by atoms with Crippen LogP contribution < -0.4 is 9.62 Å². The molecule has 0 aliphatic heterocycles. The highest BCUT2D eigenvalue weighted by atomic mass is 35.5. The lowest BCUT2D eigenvalue weighted by Crippen LogP contribution is -2.33. The fraction of sp³-hybridized carbons (Fsp3) is 0.316. The number of sulfonamides is 1. The molecule has 2 aromatic carbocycles. The number of halogens is 2. The number of carbonyl (C=O) groups is 1. The van der Waals surface area contributed by atoms with E-state index in [0.717, 1.165) is 30.0 Å². The summed E-state index contributed by atoms with van der Waals surface area (Å²) in [6, 6.07) is 10.7. The van der Waals surface area contributed by atoms with Gasteiger partial charge < -0.3 is 5.32 Å². The van der Waals surface area contributed by atoms with Gasteiger partial charge in [-0.2, -0.15) is 0 Å². The van der Waals surface area contributed by atoms with Crippen molar-refractivity contribution in [3.8, 4) is 0 Å². The van der Waals surface area contributed by atoms with Crippen LogP contribution in [-0.2, 0) is 10.0 Å². The highest BCUT2D eigenvalue weighted by Crippen LogP contribution is 2.28. The van der Waals surface area contributed by atoms with Crippen LogP contribution in [0.3, 0.4) is 0 Å². The van der Waals surface area contributed by atoms with Crippen molar-refractivity contribution in [1.82, 2.24) is 5.32 Å². The van der Waals surface area contributed by atoms with Crippen LogP contribution in [0.4, 0.5) is 5.69 Å². The normalized spacial score (nSPS) is 14.9. The topological polar surface area (TPSA) is 66.5 Å². The van der Waals surface area contributed by atoms with Gasteiger partial charge in [-0.3, -0.25) is 9.10 Å². The molecule has 1 aliphatic rings. The number of nitrogens with zero attached hydrogens (tertiary/aromatic N) is 1. The molecule has 1 fully saturated rings. The van der Waals surface area contributed by atoms with Gasteiger partial charge in [0, 0.05) is 18.1 Å². The Balaban J connectivity index is 1.87. The first kappa shape index (κ1) is 20.0. The largest absolute Gasteiger partial charge is 0.349 e. The third kappa shape index (κ3) is 4.39. The van der Waals surface area contributed by atoms with E-state index >= 15 is 0 Å². The zero-order valence-electron chi connectivity index (χ0n) is 14.8. The Hall–Kier alpha value is -1.76. The van der Waals surface area contributed by atoms with Gasteiger partial charge in [-0.15, -0.1) is 0 Å². The van der Waals surface area contributed by atoms with Crippen LogP contribution in [0.2, 0.25) is 10.0 Å². The summed E-state index contributed by atoms with van der Waals surface area (Å²) in [4.78, 5) is 12.7. The van der Waals surface area contributed by atoms with Crippen molar-refractivity contribution >= 4 is 44.8 Å². The molecule has 144 valence electrons. The summed E-state index contributed by atoms with van der Waals surface area (Å²) in [6.07, 6.45) is 4.10. The van der Waals surface area contributed by atoms with Crippen LogP contribution in [-0.4, -0.2) is 27.4 Å². The first-order valence-electron chi connectivity index (χ1n) is 8.64. The molecule has 0 spiro atoms. The molecule has 1 saturated carbocycles. The van der Waals surface area contributed by atoms with Gasteiger partial charge in [-0.25, -0.2) is 8.42 Å². The first-order chi connectivity index (χ1) is 12.8. The lowest BCUT2D eigenvalue weighted by atomic mass is 10.1. The third-order valence-corrected chi connectivity index (χ3v) is 7.10. The highest BCUT2D eigenvalue weighted by Gasteiger charge is 2.24. The maximum atomic E-state index is 12.8. The summed E-state index contributed by atoms with van der Waals surface area (Å²) < 4.78 is 26.8. The highest BCUT2D eigenvalue weighted by molar-refractivity contribution is 7.92. The number of amides is 1. The molecule has 8 heteroatoms. The van der Waals surface area contributed by atoms with Gasteiger partial charge in [-0.05, 0) is 55.3 Å². The second-order valence-electron chi connectivity index (χ2n) is 6.55.